The number of rotatable bonds is 6. The Balaban J connectivity index is 1.75. The van der Waals surface area contributed by atoms with Gasteiger partial charge in [-0.1, -0.05) is 23.7 Å². The number of hydrogen-bond acceptors (Lipinski definition) is 2. The first-order valence-corrected chi connectivity index (χ1v) is 7.91. The van der Waals surface area contributed by atoms with Gasteiger partial charge in [0.15, 0.2) is 5.96 Å². The van der Waals surface area contributed by atoms with Gasteiger partial charge in [0.2, 0.25) is 0 Å². The molecule has 112 valence electrons. The first-order valence-electron chi connectivity index (χ1n) is 6.66. The van der Waals surface area contributed by atoms with Crippen molar-refractivity contribution in [2.45, 2.75) is 12.8 Å². The summed E-state index contributed by atoms with van der Waals surface area (Å²) in [5.74, 6) is 0.0801. The molecule has 0 aliphatic carbocycles. The lowest BCUT2D eigenvalue weighted by Gasteiger charge is -2.08. The molecule has 0 spiro atoms. The van der Waals surface area contributed by atoms with Crippen molar-refractivity contribution in [2.24, 2.45) is 10.7 Å². The normalized spacial score (nSPS) is 11.6. The summed E-state index contributed by atoms with van der Waals surface area (Å²) >= 11 is 7.66. The Morgan fingerprint density at radius 2 is 2.14 bits per heavy atom. The fraction of sp³-hybridized carbons (Fsp3) is 0.267. The first-order chi connectivity index (χ1) is 10.2. The van der Waals surface area contributed by atoms with Crippen LogP contribution in [0, 0.1) is 5.82 Å². The predicted molar refractivity (Wildman–Crippen MR) is 87.6 cm³/mol. The average molecular weight is 326 g/mol. The number of thiophene rings is 1. The number of nitrogens with two attached hydrogens (primary N) is 1. The zero-order chi connectivity index (χ0) is 15.1. The molecule has 0 amide bonds. The predicted octanol–water partition coefficient (Wildman–Crippen LogP) is 3.23. The maximum absolute atomic E-state index is 13.6. The molecular weight excluding hydrogens is 309 g/mol. The number of hydrogen-bond donors (Lipinski definition) is 2. The lowest BCUT2D eigenvalue weighted by atomic mass is 10.1. The van der Waals surface area contributed by atoms with Crippen LogP contribution in [0.1, 0.15) is 10.4 Å². The van der Waals surface area contributed by atoms with Gasteiger partial charge in [-0.25, -0.2) is 4.39 Å². The average Bonchev–Trinajstić information content (AvgIpc) is 2.95. The van der Waals surface area contributed by atoms with Crippen LogP contribution in [0.25, 0.3) is 0 Å². The van der Waals surface area contributed by atoms with Crippen molar-refractivity contribution in [3.05, 3.63) is 57.0 Å². The number of guanidine groups is 1. The smallest absolute Gasteiger partial charge is 0.188 e. The summed E-state index contributed by atoms with van der Waals surface area (Å²) in [6.07, 6.45) is 1.34. The van der Waals surface area contributed by atoms with Gasteiger partial charge in [-0.05, 0) is 30.0 Å². The van der Waals surface area contributed by atoms with E-state index in [-0.39, 0.29) is 5.82 Å². The van der Waals surface area contributed by atoms with Gasteiger partial charge in [-0.3, -0.25) is 4.99 Å². The number of nitrogens with zero attached hydrogens (tertiary/aromatic N) is 1. The summed E-state index contributed by atoms with van der Waals surface area (Å²) in [5, 5.41) is 5.45. The van der Waals surface area contributed by atoms with E-state index < -0.39 is 0 Å². The van der Waals surface area contributed by atoms with E-state index in [9.17, 15) is 4.39 Å². The topological polar surface area (TPSA) is 50.4 Å². The van der Waals surface area contributed by atoms with Crippen LogP contribution < -0.4 is 11.1 Å². The molecule has 3 N–H and O–H groups in total. The second kappa shape index (κ2) is 8.00. The summed E-state index contributed by atoms with van der Waals surface area (Å²) in [5.41, 5.74) is 6.27. The zero-order valence-corrected chi connectivity index (χ0v) is 13.1. The standard InChI is InChI=1S/C15H17ClFN3S/c16-13-4-1-5-14(17)12(13)7-9-20-15(18)19-8-6-11-3-2-10-21-11/h1-5,10H,6-9H2,(H3,18,19,20). The highest BCUT2D eigenvalue weighted by atomic mass is 35.5. The van der Waals surface area contributed by atoms with Crippen LogP contribution in [0.15, 0.2) is 40.7 Å². The van der Waals surface area contributed by atoms with E-state index in [1.807, 2.05) is 11.4 Å². The molecule has 6 heteroatoms. The Morgan fingerprint density at radius 3 is 2.86 bits per heavy atom. The Kier molecular flexibility index (Phi) is 6.02. The van der Waals surface area contributed by atoms with Gasteiger partial charge in [0.25, 0.3) is 0 Å². The van der Waals surface area contributed by atoms with Gasteiger partial charge >= 0.3 is 0 Å². The van der Waals surface area contributed by atoms with Gasteiger partial charge in [0, 0.05) is 35.0 Å². The third-order valence-corrected chi connectivity index (χ3v) is 4.25. The van der Waals surface area contributed by atoms with Crippen LogP contribution >= 0.6 is 22.9 Å². The largest absolute Gasteiger partial charge is 0.370 e. The Bertz CT molecular complexity index is 579. The van der Waals surface area contributed by atoms with Crippen LogP contribution in [0.3, 0.4) is 0 Å². The van der Waals surface area contributed by atoms with Crippen LogP contribution in [0.5, 0.6) is 0 Å². The minimum Gasteiger partial charge on any atom is -0.370 e. The van der Waals surface area contributed by atoms with Crippen LogP contribution in [-0.4, -0.2) is 19.0 Å². The number of halogens is 2. The summed E-state index contributed by atoms with van der Waals surface area (Å²) in [6.45, 7) is 1.13. The first kappa shape index (κ1) is 15.8. The Hall–Kier alpha value is -1.59. The molecule has 2 rings (SSSR count). The molecule has 0 fully saturated rings. The minimum absolute atomic E-state index is 0.294. The van der Waals surface area contributed by atoms with E-state index >= 15 is 0 Å². The van der Waals surface area contributed by atoms with Crippen molar-refractivity contribution in [3.63, 3.8) is 0 Å². The van der Waals surface area contributed by atoms with Crippen molar-refractivity contribution in [3.8, 4) is 0 Å². The summed E-state index contributed by atoms with van der Waals surface area (Å²) in [7, 11) is 0. The number of nitrogens with one attached hydrogen (secondary N) is 1. The van der Waals surface area contributed by atoms with E-state index in [4.69, 9.17) is 17.3 Å². The molecule has 0 aliphatic rings. The van der Waals surface area contributed by atoms with Crippen molar-refractivity contribution < 1.29 is 4.39 Å². The van der Waals surface area contributed by atoms with Gasteiger partial charge in [0.05, 0.1) is 0 Å². The second-order valence-electron chi connectivity index (χ2n) is 4.47. The Morgan fingerprint density at radius 1 is 1.29 bits per heavy atom. The fourth-order valence-corrected chi connectivity index (χ4v) is 2.84. The molecule has 2 aromatic rings. The molecule has 0 bridgehead atoms. The summed E-state index contributed by atoms with van der Waals surface area (Å²) < 4.78 is 13.6. The summed E-state index contributed by atoms with van der Waals surface area (Å²) in [4.78, 5) is 5.52. The minimum atomic E-state index is -0.294. The molecule has 1 heterocycles. The van der Waals surface area contributed by atoms with Gasteiger partial charge in [0.1, 0.15) is 5.82 Å². The molecular formula is C15H17ClFN3S. The molecule has 1 aromatic heterocycles. The van der Waals surface area contributed by atoms with Crippen molar-refractivity contribution in [2.75, 3.05) is 13.1 Å². The molecule has 3 nitrogen and oxygen atoms in total. The maximum atomic E-state index is 13.6. The molecule has 0 saturated carbocycles. The summed E-state index contributed by atoms with van der Waals surface area (Å²) in [6, 6.07) is 8.76. The quantitative estimate of drug-likeness (QED) is 0.633. The van der Waals surface area contributed by atoms with Gasteiger partial charge in [-0.15, -0.1) is 11.3 Å². The van der Waals surface area contributed by atoms with Crippen LogP contribution in [0.2, 0.25) is 5.02 Å². The highest BCUT2D eigenvalue weighted by molar-refractivity contribution is 7.09. The number of aliphatic imine (C=N–C) groups is 1. The molecule has 0 atom stereocenters. The maximum Gasteiger partial charge on any atom is 0.188 e. The third kappa shape index (κ3) is 5.02. The molecule has 0 radical (unpaired) electrons. The van der Waals surface area contributed by atoms with E-state index in [1.165, 1.54) is 10.9 Å². The lowest BCUT2D eigenvalue weighted by Crippen LogP contribution is -2.33. The molecule has 1 aromatic carbocycles. The van der Waals surface area contributed by atoms with Gasteiger partial charge < -0.3 is 11.1 Å². The third-order valence-electron chi connectivity index (χ3n) is 2.96. The van der Waals surface area contributed by atoms with Crippen molar-refractivity contribution >= 4 is 28.9 Å². The van der Waals surface area contributed by atoms with Gasteiger partial charge in [-0.2, -0.15) is 0 Å². The van der Waals surface area contributed by atoms with Crippen molar-refractivity contribution in [1.29, 1.82) is 0 Å². The van der Waals surface area contributed by atoms with E-state index in [0.29, 0.717) is 36.1 Å². The zero-order valence-electron chi connectivity index (χ0n) is 11.5. The monoisotopic (exact) mass is 325 g/mol. The van der Waals surface area contributed by atoms with E-state index in [0.717, 1.165) is 6.42 Å². The molecule has 0 saturated heterocycles. The second-order valence-corrected chi connectivity index (χ2v) is 5.91. The van der Waals surface area contributed by atoms with Crippen molar-refractivity contribution in [1.82, 2.24) is 5.32 Å². The van der Waals surface area contributed by atoms with Crippen LogP contribution in [-0.2, 0) is 12.8 Å². The number of benzene rings is 1. The van der Waals surface area contributed by atoms with E-state index in [1.54, 1.807) is 23.5 Å². The highest BCUT2D eigenvalue weighted by Crippen LogP contribution is 2.18. The van der Waals surface area contributed by atoms with Crippen LogP contribution in [0.4, 0.5) is 4.39 Å². The molecule has 0 aliphatic heterocycles. The molecule has 0 unspecified atom stereocenters. The van der Waals surface area contributed by atoms with E-state index in [2.05, 4.69) is 16.4 Å². The lowest BCUT2D eigenvalue weighted by molar-refractivity contribution is 0.607. The highest BCUT2D eigenvalue weighted by Gasteiger charge is 2.06. The fourth-order valence-electron chi connectivity index (χ4n) is 1.88. The molecule has 21 heavy (non-hydrogen) atoms. The Labute approximate surface area is 132 Å². The SMILES string of the molecule is NC(=NCCc1cccs1)NCCc1c(F)cccc1Cl.